The summed E-state index contributed by atoms with van der Waals surface area (Å²) >= 11 is 1.71. The van der Waals surface area contributed by atoms with E-state index in [4.69, 9.17) is 4.98 Å². The van der Waals surface area contributed by atoms with Crippen molar-refractivity contribution in [2.45, 2.75) is 51.5 Å². The first kappa shape index (κ1) is 17.2. The maximum absolute atomic E-state index is 13.1. The summed E-state index contributed by atoms with van der Waals surface area (Å²) in [6, 6.07) is 14.4. The van der Waals surface area contributed by atoms with Crippen LogP contribution in [0.3, 0.4) is 0 Å². The quantitative estimate of drug-likeness (QED) is 0.604. The third-order valence-electron chi connectivity index (χ3n) is 5.14. The molecule has 0 saturated heterocycles. The molecule has 1 saturated carbocycles. The van der Waals surface area contributed by atoms with Gasteiger partial charge in [0, 0.05) is 16.3 Å². The lowest BCUT2D eigenvalue weighted by Crippen LogP contribution is -2.34. The molecule has 4 heteroatoms. The maximum Gasteiger partial charge on any atom is 0.252 e. The Morgan fingerprint density at radius 1 is 1.08 bits per heavy atom. The average Bonchev–Trinajstić information content (AvgIpc) is 2.93. The Labute approximate surface area is 158 Å². The minimum Gasteiger partial charge on any atom is -0.349 e. The number of aryl methyl sites for hydroxylation is 1. The van der Waals surface area contributed by atoms with Gasteiger partial charge in [-0.25, -0.2) is 4.98 Å². The zero-order valence-electron chi connectivity index (χ0n) is 15.1. The van der Waals surface area contributed by atoms with Crippen LogP contribution in [0, 0.1) is 6.92 Å². The lowest BCUT2D eigenvalue weighted by molar-refractivity contribution is 0.0935. The van der Waals surface area contributed by atoms with Crippen molar-refractivity contribution in [3.63, 3.8) is 0 Å². The lowest BCUT2D eigenvalue weighted by atomic mass is 10.0. The number of hydrogen-bond donors (Lipinski definition) is 1. The molecule has 4 rings (SSSR count). The molecule has 3 nitrogen and oxygen atoms in total. The molecule has 0 spiro atoms. The Hall–Kier alpha value is -2.20. The van der Waals surface area contributed by atoms with Crippen LogP contribution in [0.2, 0.25) is 0 Å². The van der Waals surface area contributed by atoms with E-state index in [2.05, 4.69) is 24.4 Å². The number of hydrogen-bond acceptors (Lipinski definition) is 3. The van der Waals surface area contributed by atoms with E-state index in [-0.39, 0.29) is 5.91 Å². The molecule has 1 aliphatic rings. The van der Waals surface area contributed by atoms with Gasteiger partial charge in [-0.2, -0.15) is 0 Å². The number of thiophene rings is 1. The number of rotatable bonds is 3. The van der Waals surface area contributed by atoms with Crippen molar-refractivity contribution in [2.24, 2.45) is 0 Å². The fraction of sp³-hybridized carbons (Fsp3) is 0.364. The molecule has 2 heterocycles. The Bertz CT molecular complexity index is 923. The Morgan fingerprint density at radius 3 is 2.58 bits per heavy atom. The lowest BCUT2D eigenvalue weighted by Gasteiger charge is -2.17. The van der Waals surface area contributed by atoms with Gasteiger partial charge in [-0.15, -0.1) is 11.3 Å². The number of benzene rings is 1. The Balaban J connectivity index is 1.71. The van der Waals surface area contributed by atoms with E-state index in [0.29, 0.717) is 6.04 Å². The van der Waals surface area contributed by atoms with Crippen molar-refractivity contribution in [3.8, 4) is 10.6 Å². The minimum absolute atomic E-state index is 0.0324. The van der Waals surface area contributed by atoms with E-state index in [9.17, 15) is 4.79 Å². The summed E-state index contributed by atoms with van der Waals surface area (Å²) in [5.74, 6) is 0.0324. The molecule has 0 atom stereocenters. The SMILES string of the molecule is Cc1ccc(-c2cc(C(=O)NC3CCCCCC3)c3ccccc3n2)s1. The molecule has 1 amide bonds. The minimum atomic E-state index is 0.0324. The molecule has 1 aliphatic carbocycles. The van der Waals surface area contributed by atoms with Gasteiger partial charge in [0.1, 0.15) is 0 Å². The molecular formula is C22H24N2OS. The molecule has 0 unspecified atom stereocenters. The molecule has 2 aromatic heterocycles. The smallest absolute Gasteiger partial charge is 0.252 e. The highest BCUT2D eigenvalue weighted by molar-refractivity contribution is 7.15. The summed E-state index contributed by atoms with van der Waals surface area (Å²) in [6.07, 6.45) is 7.17. The predicted molar refractivity (Wildman–Crippen MR) is 109 cm³/mol. The molecular weight excluding hydrogens is 340 g/mol. The van der Waals surface area contributed by atoms with Crippen molar-refractivity contribution in [3.05, 3.63) is 52.9 Å². The zero-order chi connectivity index (χ0) is 17.9. The summed E-state index contributed by atoms with van der Waals surface area (Å²) < 4.78 is 0. The first-order valence-electron chi connectivity index (χ1n) is 9.48. The molecule has 1 N–H and O–H groups in total. The number of carbonyl (C=O) groups is 1. The van der Waals surface area contributed by atoms with Gasteiger partial charge < -0.3 is 5.32 Å². The fourth-order valence-electron chi connectivity index (χ4n) is 3.75. The number of pyridine rings is 1. The highest BCUT2D eigenvalue weighted by atomic mass is 32.1. The van der Waals surface area contributed by atoms with Crippen LogP contribution in [0.15, 0.2) is 42.5 Å². The maximum atomic E-state index is 13.1. The van der Waals surface area contributed by atoms with Crippen LogP contribution in [0.25, 0.3) is 21.5 Å². The highest BCUT2D eigenvalue weighted by Crippen LogP contribution is 2.30. The molecule has 26 heavy (non-hydrogen) atoms. The van der Waals surface area contributed by atoms with Gasteiger partial charge in [-0.05, 0) is 44.0 Å². The predicted octanol–water partition coefficient (Wildman–Crippen LogP) is 5.72. The van der Waals surface area contributed by atoms with Crippen molar-refractivity contribution in [1.82, 2.24) is 10.3 Å². The van der Waals surface area contributed by atoms with Crippen LogP contribution in [0.5, 0.6) is 0 Å². The molecule has 0 radical (unpaired) electrons. The largest absolute Gasteiger partial charge is 0.349 e. The van der Waals surface area contributed by atoms with Gasteiger partial charge in [-0.3, -0.25) is 4.79 Å². The van der Waals surface area contributed by atoms with Gasteiger partial charge in [0.15, 0.2) is 0 Å². The van der Waals surface area contributed by atoms with Crippen molar-refractivity contribution < 1.29 is 4.79 Å². The average molecular weight is 365 g/mol. The monoisotopic (exact) mass is 364 g/mol. The molecule has 134 valence electrons. The second kappa shape index (κ2) is 7.58. The summed E-state index contributed by atoms with van der Waals surface area (Å²) in [6.45, 7) is 2.09. The fourth-order valence-corrected chi connectivity index (χ4v) is 4.58. The summed E-state index contributed by atoms with van der Waals surface area (Å²) in [4.78, 5) is 20.2. The van der Waals surface area contributed by atoms with Crippen molar-refractivity contribution in [2.75, 3.05) is 0 Å². The Kier molecular flexibility index (Phi) is 5.02. The summed E-state index contributed by atoms with van der Waals surface area (Å²) in [5, 5.41) is 4.21. The molecule has 1 aromatic carbocycles. The number of amides is 1. The standard InChI is InChI=1S/C22H24N2OS/c1-15-12-13-21(26-15)20-14-18(17-10-6-7-11-19(17)24-20)22(25)23-16-8-4-2-3-5-9-16/h6-7,10-14,16H,2-5,8-9H2,1H3,(H,23,25). The summed E-state index contributed by atoms with van der Waals surface area (Å²) in [7, 11) is 0. The number of aromatic nitrogens is 1. The van der Waals surface area contributed by atoms with Gasteiger partial charge in [0.2, 0.25) is 0 Å². The van der Waals surface area contributed by atoms with Crippen LogP contribution < -0.4 is 5.32 Å². The molecule has 1 fully saturated rings. The van der Waals surface area contributed by atoms with E-state index in [1.54, 1.807) is 11.3 Å². The van der Waals surface area contributed by atoms with Gasteiger partial charge in [0.25, 0.3) is 5.91 Å². The van der Waals surface area contributed by atoms with Crippen LogP contribution >= 0.6 is 11.3 Å². The van der Waals surface area contributed by atoms with Gasteiger partial charge in [0.05, 0.1) is 21.7 Å². The van der Waals surface area contributed by atoms with Crippen LogP contribution in [-0.4, -0.2) is 16.9 Å². The third kappa shape index (κ3) is 3.65. The van der Waals surface area contributed by atoms with E-state index in [1.165, 1.54) is 30.6 Å². The number of nitrogens with one attached hydrogen (secondary N) is 1. The molecule has 3 aromatic rings. The second-order valence-corrected chi connectivity index (χ2v) is 8.43. The van der Waals surface area contributed by atoms with Gasteiger partial charge >= 0.3 is 0 Å². The van der Waals surface area contributed by atoms with Crippen molar-refractivity contribution >= 4 is 28.1 Å². The number of para-hydroxylation sites is 1. The zero-order valence-corrected chi connectivity index (χ0v) is 15.9. The molecule has 0 aliphatic heterocycles. The third-order valence-corrected chi connectivity index (χ3v) is 6.17. The van der Waals surface area contributed by atoms with E-state index in [0.717, 1.165) is 39.9 Å². The second-order valence-electron chi connectivity index (χ2n) is 7.14. The first-order valence-corrected chi connectivity index (χ1v) is 10.3. The molecule has 0 bridgehead atoms. The summed E-state index contributed by atoms with van der Waals surface area (Å²) in [5.41, 5.74) is 2.50. The topological polar surface area (TPSA) is 42.0 Å². The number of nitrogens with zero attached hydrogens (tertiary/aromatic N) is 1. The Morgan fingerprint density at radius 2 is 1.85 bits per heavy atom. The van der Waals surface area contributed by atoms with Crippen LogP contribution in [0.1, 0.15) is 53.8 Å². The first-order chi connectivity index (χ1) is 12.7. The van der Waals surface area contributed by atoms with Crippen LogP contribution in [-0.2, 0) is 0 Å². The van der Waals surface area contributed by atoms with E-state index in [1.807, 2.05) is 30.3 Å². The van der Waals surface area contributed by atoms with E-state index < -0.39 is 0 Å². The number of fused-ring (bicyclic) bond motifs is 1. The highest BCUT2D eigenvalue weighted by Gasteiger charge is 2.19. The van der Waals surface area contributed by atoms with Crippen LogP contribution in [0.4, 0.5) is 0 Å². The van der Waals surface area contributed by atoms with Gasteiger partial charge in [-0.1, -0.05) is 43.9 Å². The van der Waals surface area contributed by atoms with E-state index >= 15 is 0 Å². The normalized spacial score (nSPS) is 15.7. The van der Waals surface area contributed by atoms with Crippen molar-refractivity contribution in [1.29, 1.82) is 0 Å². The number of carbonyl (C=O) groups excluding carboxylic acids is 1.